The van der Waals surface area contributed by atoms with E-state index in [1.807, 2.05) is 25.9 Å². The molecular weight excluding hydrogens is 258 g/mol. The van der Waals surface area contributed by atoms with Crippen LogP contribution in [0.25, 0.3) is 0 Å². The molecule has 0 spiro atoms. The summed E-state index contributed by atoms with van der Waals surface area (Å²) in [5.74, 6) is -0.446. The summed E-state index contributed by atoms with van der Waals surface area (Å²) >= 11 is 0. The average Bonchev–Trinajstić information content (AvgIpc) is 3.16. The van der Waals surface area contributed by atoms with Gasteiger partial charge < -0.3 is 19.8 Å². The van der Waals surface area contributed by atoms with E-state index >= 15 is 0 Å². The topological polar surface area (TPSA) is 64.1 Å². The van der Waals surface area contributed by atoms with Gasteiger partial charge in [0.25, 0.3) is 0 Å². The molecule has 0 bridgehead atoms. The van der Waals surface area contributed by atoms with E-state index in [1.165, 1.54) is 4.90 Å². The molecule has 0 saturated heterocycles. The lowest BCUT2D eigenvalue weighted by Gasteiger charge is -2.30. The Morgan fingerprint density at radius 3 is 2.20 bits per heavy atom. The summed E-state index contributed by atoms with van der Waals surface area (Å²) in [6, 6.07) is -0.136. The lowest BCUT2D eigenvalue weighted by Crippen LogP contribution is -2.48. The van der Waals surface area contributed by atoms with Crippen molar-refractivity contribution < 1.29 is 14.7 Å². The van der Waals surface area contributed by atoms with Crippen LogP contribution in [0.4, 0.5) is 4.79 Å². The van der Waals surface area contributed by atoms with Crippen molar-refractivity contribution in [2.75, 3.05) is 46.8 Å². The van der Waals surface area contributed by atoms with Crippen molar-refractivity contribution in [3.63, 3.8) is 0 Å². The van der Waals surface area contributed by atoms with E-state index in [-0.39, 0.29) is 12.6 Å². The van der Waals surface area contributed by atoms with Crippen LogP contribution in [-0.4, -0.2) is 78.6 Å². The molecule has 0 aliphatic heterocycles. The Morgan fingerprint density at radius 2 is 1.75 bits per heavy atom. The number of aliphatic carboxylic acids is 1. The summed E-state index contributed by atoms with van der Waals surface area (Å²) in [6.45, 7) is 4.51. The van der Waals surface area contributed by atoms with E-state index < -0.39 is 5.97 Å². The molecule has 0 radical (unpaired) electrons. The van der Waals surface area contributed by atoms with Gasteiger partial charge in [-0.2, -0.15) is 0 Å². The molecule has 1 rings (SSSR count). The van der Waals surface area contributed by atoms with Gasteiger partial charge in [-0.1, -0.05) is 6.92 Å². The quantitative estimate of drug-likeness (QED) is 0.691. The third-order valence-corrected chi connectivity index (χ3v) is 3.35. The Hall–Kier alpha value is -1.30. The maximum absolute atomic E-state index is 12.5. The number of carboxylic acid groups (broad SMARTS) is 1. The number of carbonyl (C=O) groups is 2. The van der Waals surface area contributed by atoms with E-state index in [2.05, 4.69) is 0 Å². The highest BCUT2D eigenvalue weighted by Crippen LogP contribution is 2.29. The molecule has 6 heteroatoms. The molecular formula is C14H27N3O3. The average molecular weight is 285 g/mol. The van der Waals surface area contributed by atoms with Crippen molar-refractivity contribution in [2.45, 2.75) is 26.2 Å². The summed E-state index contributed by atoms with van der Waals surface area (Å²) in [6.07, 6.45) is 3.09. The highest BCUT2D eigenvalue weighted by atomic mass is 16.4. The predicted molar refractivity (Wildman–Crippen MR) is 77.7 cm³/mol. The summed E-state index contributed by atoms with van der Waals surface area (Å²) in [7, 11) is 3.93. The molecule has 0 aromatic rings. The molecule has 1 N–H and O–H groups in total. The molecule has 0 atom stereocenters. The van der Waals surface area contributed by atoms with Gasteiger partial charge in [-0.15, -0.1) is 0 Å². The van der Waals surface area contributed by atoms with Gasteiger partial charge >= 0.3 is 12.0 Å². The number of nitrogens with zero attached hydrogens (tertiary/aromatic N) is 3. The zero-order valence-electron chi connectivity index (χ0n) is 12.8. The first-order chi connectivity index (χ1) is 9.43. The Kier molecular flexibility index (Phi) is 6.78. The van der Waals surface area contributed by atoms with Crippen molar-refractivity contribution in [2.24, 2.45) is 5.92 Å². The second-order valence-electron chi connectivity index (χ2n) is 5.79. The summed E-state index contributed by atoms with van der Waals surface area (Å²) in [5, 5.41) is 8.98. The fourth-order valence-corrected chi connectivity index (χ4v) is 2.08. The van der Waals surface area contributed by atoms with Crippen LogP contribution in [0.2, 0.25) is 0 Å². The standard InChI is InChI=1S/C14H27N3O3/c1-4-7-16(9-8-15(2)3)14(20)17(11-13(18)19)10-12-5-6-12/h12H,4-11H2,1-3H3,(H,18,19). The van der Waals surface area contributed by atoms with Crippen LogP contribution in [0.3, 0.4) is 0 Å². The number of urea groups is 1. The Balaban J connectivity index is 2.62. The smallest absolute Gasteiger partial charge is 0.323 e. The molecule has 0 aromatic carbocycles. The van der Waals surface area contributed by atoms with E-state index in [0.717, 1.165) is 25.8 Å². The number of hydrogen-bond acceptors (Lipinski definition) is 3. The van der Waals surface area contributed by atoms with E-state index in [1.54, 1.807) is 4.90 Å². The van der Waals surface area contributed by atoms with Crippen LogP contribution in [0.1, 0.15) is 26.2 Å². The van der Waals surface area contributed by atoms with Gasteiger partial charge in [0, 0.05) is 26.2 Å². The van der Waals surface area contributed by atoms with Crippen molar-refractivity contribution in [3.05, 3.63) is 0 Å². The summed E-state index contributed by atoms with van der Waals surface area (Å²) in [4.78, 5) is 28.7. The molecule has 1 aliphatic carbocycles. The molecule has 20 heavy (non-hydrogen) atoms. The summed E-state index contributed by atoms with van der Waals surface area (Å²) < 4.78 is 0. The monoisotopic (exact) mass is 285 g/mol. The van der Waals surface area contributed by atoms with E-state index in [9.17, 15) is 9.59 Å². The largest absolute Gasteiger partial charge is 0.480 e. The third kappa shape index (κ3) is 6.23. The minimum atomic E-state index is -0.942. The van der Waals surface area contributed by atoms with Crippen molar-refractivity contribution >= 4 is 12.0 Å². The normalized spacial score (nSPS) is 14.4. The van der Waals surface area contributed by atoms with Gasteiger partial charge in [0.1, 0.15) is 6.54 Å². The highest BCUT2D eigenvalue weighted by molar-refractivity contribution is 5.80. The molecule has 0 unspecified atom stereocenters. The van der Waals surface area contributed by atoms with Crippen LogP contribution in [0.15, 0.2) is 0 Å². The first-order valence-electron chi connectivity index (χ1n) is 7.34. The molecule has 6 nitrogen and oxygen atoms in total. The van der Waals surface area contributed by atoms with Gasteiger partial charge in [0.2, 0.25) is 0 Å². The third-order valence-electron chi connectivity index (χ3n) is 3.35. The number of carboxylic acids is 1. The molecule has 1 saturated carbocycles. The fraction of sp³-hybridized carbons (Fsp3) is 0.857. The minimum absolute atomic E-state index is 0.136. The molecule has 1 aliphatic rings. The molecule has 1 fully saturated rings. The number of carbonyl (C=O) groups excluding carboxylic acids is 1. The molecule has 116 valence electrons. The van der Waals surface area contributed by atoms with Crippen LogP contribution >= 0.6 is 0 Å². The highest BCUT2D eigenvalue weighted by Gasteiger charge is 2.30. The van der Waals surface area contributed by atoms with E-state index in [0.29, 0.717) is 25.6 Å². The number of amides is 2. The molecule has 0 heterocycles. The Morgan fingerprint density at radius 1 is 1.10 bits per heavy atom. The van der Waals surface area contributed by atoms with Crippen LogP contribution < -0.4 is 0 Å². The van der Waals surface area contributed by atoms with Crippen molar-refractivity contribution in [3.8, 4) is 0 Å². The van der Waals surface area contributed by atoms with Crippen LogP contribution in [-0.2, 0) is 4.79 Å². The summed E-state index contributed by atoms with van der Waals surface area (Å²) in [5.41, 5.74) is 0. The maximum Gasteiger partial charge on any atom is 0.323 e. The maximum atomic E-state index is 12.5. The lowest BCUT2D eigenvalue weighted by atomic mass is 10.3. The lowest BCUT2D eigenvalue weighted by molar-refractivity contribution is -0.137. The van der Waals surface area contributed by atoms with Gasteiger partial charge in [-0.3, -0.25) is 4.79 Å². The van der Waals surface area contributed by atoms with E-state index in [4.69, 9.17) is 5.11 Å². The van der Waals surface area contributed by atoms with Crippen LogP contribution in [0, 0.1) is 5.92 Å². The fourth-order valence-electron chi connectivity index (χ4n) is 2.08. The molecule has 0 aromatic heterocycles. The van der Waals surface area contributed by atoms with Gasteiger partial charge in [0.05, 0.1) is 0 Å². The van der Waals surface area contributed by atoms with Crippen molar-refractivity contribution in [1.82, 2.24) is 14.7 Å². The van der Waals surface area contributed by atoms with Gasteiger partial charge in [-0.25, -0.2) is 4.79 Å². The van der Waals surface area contributed by atoms with Gasteiger partial charge in [-0.05, 0) is 39.3 Å². The second kappa shape index (κ2) is 8.09. The number of likely N-dealkylation sites (N-methyl/N-ethyl adjacent to an activating group) is 1. The first kappa shape index (κ1) is 16.8. The zero-order chi connectivity index (χ0) is 15.1. The zero-order valence-corrected chi connectivity index (χ0v) is 12.8. The van der Waals surface area contributed by atoms with Gasteiger partial charge in [0.15, 0.2) is 0 Å². The number of rotatable bonds is 9. The predicted octanol–water partition coefficient (Wildman–Crippen LogP) is 1.18. The SMILES string of the molecule is CCCN(CCN(C)C)C(=O)N(CC(=O)O)CC1CC1. The first-order valence-corrected chi connectivity index (χ1v) is 7.34. The minimum Gasteiger partial charge on any atom is -0.480 e. The van der Waals surface area contributed by atoms with Crippen molar-refractivity contribution in [1.29, 1.82) is 0 Å². The van der Waals surface area contributed by atoms with Crippen LogP contribution in [0.5, 0.6) is 0 Å². The second-order valence-corrected chi connectivity index (χ2v) is 5.79. The molecule has 2 amide bonds. The Labute approximate surface area is 121 Å². The Bertz CT molecular complexity index is 330. The number of hydrogen-bond donors (Lipinski definition) is 1.